The summed E-state index contributed by atoms with van der Waals surface area (Å²) in [6.07, 6.45) is 16.3. The molecule has 8 aromatic rings. The van der Waals surface area contributed by atoms with E-state index in [1.807, 2.05) is 0 Å². The maximum Gasteiger partial charge on any atom is 0.0713 e. The number of hydrogen-bond donors (Lipinski definition) is 0. The number of nitrogens with zero attached hydrogens (tertiary/aromatic N) is 1. The lowest BCUT2D eigenvalue weighted by Gasteiger charge is -2.48. The Kier molecular flexibility index (Phi) is 8.54. The van der Waals surface area contributed by atoms with Crippen LogP contribution < -0.4 is 4.90 Å². The number of anilines is 3. The SMILES string of the molecule is CC1(C)C2=C(CCC=C2)C2(c3ccccc3-c3ccc(N(c4ccc5c(c4)-c4ccccc4C5(c4ccccc4)c4ccccc4)c4ccc5c(c4)C(C)(C)C4C=CC=CC54)cc32)c2ccccc21. The number of allylic oxidation sites excluding steroid dienone is 8. The van der Waals surface area contributed by atoms with Gasteiger partial charge in [0, 0.05) is 28.4 Å². The molecule has 0 fully saturated rings. The molecule has 0 amide bonds. The van der Waals surface area contributed by atoms with Crippen molar-refractivity contribution < 1.29 is 0 Å². The highest BCUT2D eigenvalue weighted by Gasteiger charge is 2.55. The zero-order valence-corrected chi connectivity index (χ0v) is 39.9. The highest BCUT2D eigenvalue weighted by molar-refractivity contribution is 5.93. The zero-order valence-electron chi connectivity index (χ0n) is 39.9. The second-order valence-corrected chi connectivity index (χ2v) is 21.4. The van der Waals surface area contributed by atoms with Gasteiger partial charge in [-0.25, -0.2) is 0 Å². The summed E-state index contributed by atoms with van der Waals surface area (Å²) >= 11 is 0. The third-order valence-corrected chi connectivity index (χ3v) is 17.6. The van der Waals surface area contributed by atoms with Crippen LogP contribution in [0.2, 0.25) is 0 Å². The van der Waals surface area contributed by atoms with Crippen LogP contribution in [0.4, 0.5) is 17.1 Å². The average Bonchev–Trinajstić information content (AvgIpc) is 3.95. The lowest BCUT2D eigenvalue weighted by atomic mass is 9.54. The van der Waals surface area contributed by atoms with E-state index in [9.17, 15) is 0 Å². The number of rotatable bonds is 5. The Labute approximate surface area is 407 Å². The van der Waals surface area contributed by atoms with E-state index < -0.39 is 10.8 Å². The van der Waals surface area contributed by atoms with Gasteiger partial charge in [-0.1, -0.05) is 216 Å². The average molecular weight is 886 g/mol. The van der Waals surface area contributed by atoms with Crippen molar-refractivity contribution in [2.45, 2.75) is 68.1 Å². The second-order valence-electron chi connectivity index (χ2n) is 21.4. The molecule has 0 heterocycles. The van der Waals surface area contributed by atoms with E-state index in [1.165, 1.54) is 94.8 Å². The number of hydrogen-bond acceptors (Lipinski definition) is 1. The Bertz CT molecular complexity index is 3540. The minimum absolute atomic E-state index is 0.0373. The fraction of sp³-hybridized carbons (Fsp3) is 0.176. The quantitative estimate of drug-likeness (QED) is 0.166. The molecule has 0 N–H and O–H groups in total. The van der Waals surface area contributed by atoms with Crippen molar-refractivity contribution in [3.05, 3.63) is 291 Å². The van der Waals surface area contributed by atoms with Crippen LogP contribution >= 0.6 is 0 Å². The van der Waals surface area contributed by atoms with E-state index in [2.05, 4.69) is 257 Å². The molecular formula is C68H55N. The first-order chi connectivity index (χ1) is 33.7. The van der Waals surface area contributed by atoms with E-state index in [0.717, 1.165) is 18.5 Å². The highest BCUT2D eigenvalue weighted by Crippen LogP contribution is 2.65. The van der Waals surface area contributed by atoms with Crippen LogP contribution in [0.15, 0.2) is 236 Å². The Morgan fingerprint density at radius 2 is 0.971 bits per heavy atom. The molecule has 3 unspecified atom stereocenters. The molecule has 0 aromatic heterocycles. The van der Waals surface area contributed by atoms with Crippen molar-refractivity contribution in [2.24, 2.45) is 5.92 Å². The highest BCUT2D eigenvalue weighted by atomic mass is 15.1. The lowest BCUT2D eigenvalue weighted by Crippen LogP contribution is -2.41. The Hall–Kier alpha value is -7.48. The minimum atomic E-state index is -0.472. The summed E-state index contributed by atoms with van der Waals surface area (Å²) in [5, 5.41) is 0. The first kappa shape index (κ1) is 40.6. The maximum absolute atomic E-state index is 2.59. The first-order valence-electron chi connectivity index (χ1n) is 25.1. The molecule has 6 aliphatic rings. The summed E-state index contributed by atoms with van der Waals surface area (Å²) in [6, 6.07) is 72.4. The van der Waals surface area contributed by atoms with Crippen LogP contribution in [0.3, 0.4) is 0 Å². The number of benzene rings is 8. The Morgan fingerprint density at radius 3 is 1.70 bits per heavy atom. The molecule has 1 spiro atoms. The standard InChI is InChI=1S/C68H55N/c1-65(2)55-28-14-11-25-49(55)52-38-35-47(42-63(52)65)69(46-37-40-58-54(41-46)51-27-13-15-29-56(51)67(58,44-21-7-5-8-22-44)45-23-9-6-10-24-45)48-36-39-53-50-26-12-16-30-57(50)68(64(53)43-48)61-33-19-17-31-59(61)66(3,4)60-32-18-20-34-62(60)68/h5-19,21-33,35-43,49,55H,20,34H2,1-4H3. The smallest absolute Gasteiger partial charge is 0.0713 e. The van der Waals surface area contributed by atoms with Gasteiger partial charge in [-0.05, 0) is 150 Å². The van der Waals surface area contributed by atoms with Crippen molar-refractivity contribution in [2.75, 3.05) is 4.90 Å². The van der Waals surface area contributed by atoms with Crippen molar-refractivity contribution in [1.82, 2.24) is 0 Å². The van der Waals surface area contributed by atoms with Crippen LogP contribution in [-0.4, -0.2) is 0 Å². The van der Waals surface area contributed by atoms with Crippen molar-refractivity contribution in [3.8, 4) is 22.3 Å². The van der Waals surface area contributed by atoms with Gasteiger partial charge in [-0.3, -0.25) is 0 Å². The molecule has 0 bridgehead atoms. The largest absolute Gasteiger partial charge is 0.310 e. The van der Waals surface area contributed by atoms with E-state index in [0.29, 0.717) is 11.8 Å². The summed E-state index contributed by atoms with van der Waals surface area (Å²) in [6.45, 7) is 9.79. The van der Waals surface area contributed by atoms with E-state index in [-0.39, 0.29) is 10.8 Å². The van der Waals surface area contributed by atoms with Gasteiger partial charge in [0.05, 0.1) is 10.8 Å². The van der Waals surface area contributed by atoms with Crippen molar-refractivity contribution >= 4 is 17.1 Å². The Balaban J connectivity index is 1.04. The van der Waals surface area contributed by atoms with Gasteiger partial charge in [0.15, 0.2) is 0 Å². The molecular weight excluding hydrogens is 831 g/mol. The lowest BCUT2D eigenvalue weighted by molar-refractivity contribution is 0.394. The summed E-state index contributed by atoms with van der Waals surface area (Å²) in [7, 11) is 0. The maximum atomic E-state index is 2.59. The fourth-order valence-electron chi connectivity index (χ4n) is 14.7. The summed E-state index contributed by atoms with van der Waals surface area (Å²) < 4.78 is 0. The molecule has 6 aliphatic carbocycles. The molecule has 0 radical (unpaired) electrons. The molecule has 0 saturated heterocycles. The monoisotopic (exact) mass is 885 g/mol. The van der Waals surface area contributed by atoms with Crippen LogP contribution in [-0.2, 0) is 21.7 Å². The second kappa shape index (κ2) is 14.5. The third kappa shape index (κ3) is 5.26. The first-order valence-corrected chi connectivity index (χ1v) is 25.1. The predicted octanol–water partition coefficient (Wildman–Crippen LogP) is 16.9. The van der Waals surface area contributed by atoms with Crippen LogP contribution in [0.5, 0.6) is 0 Å². The molecule has 0 aliphatic heterocycles. The van der Waals surface area contributed by atoms with E-state index in [4.69, 9.17) is 0 Å². The van der Waals surface area contributed by atoms with Gasteiger partial charge in [0.1, 0.15) is 0 Å². The van der Waals surface area contributed by atoms with Gasteiger partial charge >= 0.3 is 0 Å². The van der Waals surface area contributed by atoms with E-state index in [1.54, 1.807) is 5.57 Å². The summed E-state index contributed by atoms with van der Waals surface area (Å²) in [4.78, 5) is 2.59. The molecule has 14 rings (SSSR count). The van der Waals surface area contributed by atoms with Crippen molar-refractivity contribution in [1.29, 1.82) is 0 Å². The zero-order chi connectivity index (χ0) is 46.3. The van der Waals surface area contributed by atoms with Gasteiger partial charge in [-0.15, -0.1) is 0 Å². The van der Waals surface area contributed by atoms with Gasteiger partial charge in [0.25, 0.3) is 0 Å². The van der Waals surface area contributed by atoms with Gasteiger partial charge in [-0.2, -0.15) is 0 Å². The molecule has 69 heavy (non-hydrogen) atoms. The molecule has 1 nitrogen and oxygen atoms in total. The van der Waals surface area contributed by atoms with Crippen LogP contribution in [0, 0.1) is 5.92 Å². The molecule has 3 atom stereocenters. The van der Waals surface area contributed by atoms with Crippen molar-refractivity contribution in [3.63, 3.8) is 0 Å². The molecule has 1 heteroatoms. The fourth-order valence-corrected chi connectivity index (χ4v) is 14.7. The summed E-state index contributed by atoms with van der Waals surface area (Å²) in [5.74, 6) is 0.798. The summed E-state index contributed by atoms with van der Waals surface area (Å²) in [5.41, 5.74) is 24.5. The van der Waals surface area contributed by atoms with Gasteiger partial charge in [0.2, 0.25) is 0 Å². The molecule has 0 saturated carbocycles. The van der Waals surface area contributed by atoms with Crippen LogP contribution in [0.25, 0.3) is 22.3 Å². The van der Waals surface area contributed by atoms with Gasteiger partial charge < -0.3 is 4.90 Å². The normalized spacial score (nSPS) is 21.7. The molecule has 332 valence electrons. The Morgan fingerprint density at radius 1 is 0.435 bits per heavy atom. The topological polar surface area (TPSA) is 3.24 Å². The van der Waals surface area contributed by atoms with E-state index >= 15 is 0 Å². The molecule has 8 aromatic carbocycles. The number of fused-ring (bicyclic) bond motifs is 14. The third-order valence-electron chi connectivity index (χ3n) is 17.6. The predicted molar refractivity (Wildman–Crippen MR) is 286 cm³/mol. The minimum Gasteiger partial charge on any atom is -0.310 e. The van der Waals surface area contributed by atoms with Crippen LogP contribution in [0.1, 0.15) is 102 Å².